The number of fused-ring (bicyclic) bond motifs is 3. The van der Waals surface area contributed by atoms with Gasteiger partial charge in [-0.05, 0) is 24.3 Å². The Morgan fingerprint density at radius 1 is 1.17 bits per heavy atom. The summed E-state index contributed by atoms with van der Waals surface area (Å²) in [4.78, 5) is 16.9. The number of hydrogen-bond donors (Lipinski definition) is 3. The van der Waals surface area contributed by atoms with Crippen molar-refractivity contribution in [3.8, 4) is 17.1 Å². The lowest BCUT2D eigenvalue weighted by Crippen LogP contribution is -2.10. The fraction of sp³-hybridized carbons (Fsp3) is 0. The van der Waals surface area contributed by atoms with Crippen LogP contribution in [0.3, 0.4) is 0 Å². The maximum absolute atomic E-state index is 12.7. The first kappa shape index (κ1) is 13.6. The van der Waals surface area contributed by atoms with Crippen LogP contribution in [0.25, 0.3) is 32.5 Å². The van der Waals surface area contributed by atoms with Crippen LogP contribution in [-0.4, -0.2) is 10.1 Å². The molecular weight excluding hydrogens is 314 g/mol. The van der Waals surface area contributed by atoms with Crippen molar-refractivity contribution >= 4 is 43.3 Å². The Morgan fingerprint density at radius 3 is 2.78 bits per heavy atom. The van der Waals surface area contributed by atoms with Crippen molar-refractivity contribution in [1.82, 2.24) is 4.98 Å². The number of nitrogens with two attached hydrogens (primary N) is 2. The van der Waals surface area contributed by atoms with Crippen LogP contribution in [0.2, 0.25) is 0 Å². The highest BCUT2D eigenvalue weighted by molar-refractivity contribution is 7.23. The predicted octanol–water partition coefficient (Wildman–Crippen LogP) is 2.94. The molecule has 0 fully saturated rings. The Bertz CT molecular complexity index is 1130. The SMILES string of the molecule is Nc1nc2ccc3oc(-c4cccc(O)c4)c(N)c(=O)c3c2s1. The van der Waals surface area contributed by atoms with Gasteiger partial charge in [-0.1, -0.05) is 23.5 Å². The molecule has 7 heteroatoms. The molecule has 6 nitrogen and oxygen atoms in total. The van der Waals surface area contributed by atoms with Crippen LogP contribution in [0, 0.1) is 0 Å². The Hall–Kier alpha value is -3.06. The molecule has 5 N–H and O–H groups in total. The monoisotopic (exact) mass is 325 g/mol. The molecule has 0 saturated heterocycles. The molecule has 0 atom stereocenters. The van der Waals surface area contributed by atoms with E-state index < -0.39 is 0 Å². The number of benzene rings is 2. The molecule has 0 radical (unpaired) electrons. The minimum Gasteiger partial charge on any atom is -0.508 e. The molecule has 23 heavy (non-hydrogen) atoms. The highest BCUT2D eigenvalue weighted by atomic mass is 32.1. The number of hydrogen-bond acceptors (Lipinski definition) is 7. The Morgan fingerprint density at radius 2 is 2.00 bits per heavy atom. The quantitative estimate of drug-likeness (QED) is 0.495. The molecule has 0 saturated carbocycles. The molecular formula is C16H11N3O3S. The lowest BCUT2D eigenvalue weighted by Gasteiger charge is -2.07. The molecule has 2 aromatic heterocycles. The zero-order chi connectivity index (χ0) is 16.1. The Balaban J connectivity index is 2.12. The maximum atomic E-state index is 12.7. The molecule has 2 heterocycles. The largest absolute Gasteiger partial charge is 0.508 e. The van der Waals surface area contributed by atoms with Crippen molar-refractivity contribution in [3.05, 3.63) is 46.6 Å². The van der Waals surface area contributed by atoms with Gasteiger partial charge in [0.2, 0.25) is 5.43 Å². The number of phenols is 1. The first-order chi connectivity index (χ1) is 11.0. The van der Waals surface area contributed by atoms with E-state index in [-0.39, 0.29) is 22.6 Å². The van der Waals surface area contributed by atoms with E-state index in [0.717, 1.165) is 0 Å². The van der Waals surface area contributed by atoms with Gasteiger partial charge in [0.15, 0.2) is 10.9 Å². The van der Waals surface area contributed by atoms with Gasteiger partial charge in [0.05, 0.1) is 15.6 Å². The van der Waals surface area contributed by atoms with Crippen LogP contribution < -0.4 is 16.9 Å². The third kappa shape index (κ3) is 2.01. The predicted molar refractivity (Wildman–Crippen MR) is 91.6 cm³/mol. The minimum atomic E-state index is -0.334. The second-order valence-corrected chi connectivity index (χ2v) is 6.09. The lowest BCUT2D eigenvalue weighted by molar-refractivity contribution is 0.475. The van der Waals surface area contributed by atoms with Gasteiger partial charge < -0.3 is 21.0 Å². The van der Waals surface area contributed by atoms with E-state index in [0.29, 0.717) is 31.9 Å². The van der Waals surface area contributed by atoms with E-state index in [1.165, 1.54) is 23.5 Å². The number of nitrogens with zero attached hydrogens (tertiary/aromatic N) is 1. The zero-order valence-corrected chi connectivity index (χ0v) is 12.6. The molecule has 0 spiro atoms. The van der Waals surface area contributed by atoms with E-state index in [9.17, 15) is 9.90 Å². The number of aromatic hydroxyl groups is 1. The number of aromatic nitrogens is 1. The molecule has 4 rings (SSSR count). The van der Waals surface area contributed by atoms with E-state index in [2.05, 4.69) is 4.98 Å². The number of nitrogen functional groups attached to an aromatic ring is 2. The van der Waals surface area contributed by atoms with Gasteiger partial charge in [0.25, 0.3) is 0 Å². The molecule has 2 aromatic carbocycles. The minimum absolute atomic E-state index is 0.0115. The molecule has 4 aromatic rings. The van der Waals surface area contributed by atoms with Gasteiger partial charge in [-0.3, -0.25) is 4.79 Å². The third-order valence-electron chi connectivity index (χ3n) is 3.57. The van der Waals surface area contributed by atoms with Gasteiger partial charge in [0.1, 0.15) is 17.0 Å². The first-order valence-corrected chi connectivity index (χ1v) is 7.57. The molecule has 0 aliphatic rings. The summed E-state index contributed by atoms with van der Waals surface area (Å²) in [5.41, 5.74) is 12.9. The molecule has 0 amide bonds. The van der Waals surface area contributed by atoms with Crippen molar-refractivity contribution in [3.63, 3.8) is 0 Å². The van der Waals surface area contributed by atoms with Gasteiger partial charge in [-0.2, -0.15) is 0 Å². The molecule has 0 aliphatic carbocycles. The van der Waals surface area contributed by atoms with Gasteiger partial charge in [-0.15, -0.1) is 0 Å². The van der Waals surface area contributed by atoms with Crippen LogP contribution in [0.1, 0.15) is 0 Å². The summed E-state index contributed by atoms with van der Waals surface area (Å²) in [6.07, 6.45) is 0. The van der Waals surface area contributed by atoms with E-state index >= 15 is 0 Å². The van der Waals surface area contributed by atoms with E-state index in [1.54, 1.807) is 24.3 Å². The summed E-state index contributed by atoms with van der Waals surface area (Å²) in [7, 11) is 0. The van der Waals surface area contributed by atoms with Crippen molar-refractivity contribution in [2.24, 2.45) is 0 Å². The molecule has 0 aliphatic heterocycles. The third-order valence-corrected chi connectivity index (χ3v) is 4.49. The number of anilines is 2. The van der Waals surface area contributed by atoms with Crippen LogP contribution in [0.15, 0.2) is 45.6 Å². The van der Waals surface area contributed by atoms with Crippen LogP contribution in [0.5, 0.6) is 5.75 Å². The maximum Gasteiger partial charge on any atom is 0.217 e. The average molecular weight is 325 g/mol. The number of phenolic OH excluding ortho intramolecular Hbond substituents is 1. The summed E-state index contributed by atoms with van der Waals surface area (Å²) in [6, 6.07) is 9.80. The normalized spacial score (nSPS) is 11.3. The topological polar surface area (TPSA) is 115 Å². The molecule has 114 valence electrons. The highest BCUT2D eigenvalue weighted by Crippen LogP contribution is 2.34. The highest BCUT2D eigenvalue weighted by Gasteiger charge is 2.17. The second kappa shape index (κ2) is 4.72. The van der Waals surface area contributed by atoms with Crippen LogP contribution in [0.4, 0.5) is 10.8 Å². The Labute approximate surface area is 133 Å². The smallest absolute Gasteiger partial charge is 0.217 e. The Kier molecular flexibility index (Phi) is 2.79. The second-order valence-electron chi connectivity index (χ2n) is 5.06. The van der Waals surface area contributed by atoms with Crippen molar-refractivity contribution in [2.45, 2.75) is 0 Å². The summed E-state index contributed by atoms with van der Waals surface area (Å²) in [5, 5.41) is 10.4. The van der Waals surface area contributed by atoms with Crippen molar-refractivity contribution in [1.29, 1.82) is 0 Å². The summed E-state index contributed by atoms with van der Waals surface area (Å²) in [6.45, 7) is 0. The summed E-state index contributed by atoms with van der Waals surface area (Å²) in [5.74, 6) is 0.297. The molecule has 0 unspecified atom stereocenters. The van der Waals surface area contributed by atoms with E-state index in [4.69, 9.17) is 15.9 Å². The van der Waals surface area contributed by atoms with Crippen LogP contribution >= 0.6 is 11.3 Å². The zero-order valence-electron chi connectivity index (χ0n) is 11.7. The fourth-order valence-electron chi connectivity index (χ4n) is 2.56. The summed E-state index contributed by atoms with van der Waals surface area (Å²) >= 11 is 1.22. The molecule has 0 bridgehead atoms. The fourth-order valence-corrected chi connectivity index (χ4v) is 3.42. The number of thiazole rings is 1. The number of rotatable bonds is 1. The average Bonchev–Trinajstić information content (AvgIpc) is 2.90. The first-order valence-electron chi connectivity index (χ1n) is 6.75. The van der Waals surface area contributed by atoms with E-state index in [1.807, 2.05) is 0 Å². The van der Waals surface area contributed by atoms with Gasteiger partial charge in [-0.25, -0.2) is 4.98 Å². The van der Waals surface area contributed by atoms with Gasteiger partial charge in [0, 0.05) is 5.56 Å². The summed E-state index contributed by atoms with van der Waals surface area (Å²) < 4.78 is 6.49. The van der Waals surface area contributed by atoms with Crippen molar-refractivity contribution < 1.29 is 9.52 Å². The van der Waals surface area contributed by atoms with Crippen LogP contribution in [-0.2, 0) is 0 Å². The standard InChI is InChI=1S/C16H11N3O3S/c17-12-13(21)11-10(5-4-9-15(11)23-16(18)19-9)22-14(12)7-2-1-3-8(20)6-7/h1-6,20H,17H2,(H2,18,19). The van der Waals surface area contributed by atoms with Gasteiger partial charge >= 0.3 is 0 Å². The van der Waals surface area contributed by atoms with Crippen molar-refractivity contribution in [2.75, 3.05) is 11.5 Å². The lowest BCUT2D eigenvalue weighted by atomic mass is 10.1.